The van der Waals surface area contributed by atoms with Crippen LogP contribution in [0.2, 0.25) is 0 Å². The van der Waals surface area contributed by atoms with E-state index in [2.05, 4.69) is 46.5 Å². The first-order valence-corrected chi connectivity index (χ1v) is 14.4. The molecule has 0 unspecified atom stereocenters. The summed E-state index contributed by atoms with van der Waals surface area (Å²) in [5.74, 6) is 0. The van der Waals surface area contributed by atoms with Gasteiger partial charge in [0, 0.05) is 0 Å². The first-order chi connectivity index (χ1) is 11.1. The van der Waals surface area contributed by atoms with Crippen LogP contribution in [0.3, 0.4) is 0 Å². The van der Waals surface area contributed by atoms with Gasteiger partial charge in [0.1, 0.15) is 0 Å². The Morgan fingerprint density at radius 3 is 2.22 bits per heavy atom. The molecule has 0 saturated carbocycles. The molecule has 0 spiro atoms. The maximum atomic E-state index is 2.77. The molecule has 1 aliphatic carbocycles. The molecule has 2 fully saturated rings. The topological polar surface area (TPSA) is 0 Å². The van der Waals surface area contributed by atoms with Crippen LogP contribution in [0.5, 0.6) is 0 Å². The zero-order chi connectivity index (χ0) is 16.6. The predicted molar refractivity (Wildman–Crippen MR) is 112 cm³/mol. The fourth-order valence-electron chi connectivity index (χ4n) is 6.01. The average molecular weight is 352 g/mol. The van der Waals surface area contributed by atoms with Crippen molar-refractivity contribution in [2.75, 3.05) is 6.66 Å². The fourth-order valence-corrected chi connectivity index (χ4v) is 16.3. The van der Waals surface area contributed by atoms with Crippen molar-refractivity contribution in [1.29, 1.82) is 0 Å². The molecule has 4 atom stereocenters. The number of hydrogen-bond donors (Lipinski definition) is 0. The van der Waals surface area contributed by atoms with Crippen LogP contribution >= 0.6 is 15.2 Å². The van der Waals surface area contributed by atoms with E-state index in [9.17, 15) is 0 Å². The van der Waals surface area contributed by atoms with Gasteiger partial charge < -0.3 is 0 Å². The van der Waals surface area contributed by atoms with E-state index in [4.69, 9.17) is 0 Å². The minimum absolute atomic E-state index is 0.124. The summed E-state index contributed by atoms with van der Waals surface area (Å²) in [6, 6.07) is 0. The van der Waals surface area contributed by atoms with Crippen molar-refractivity contribution in [3.63, 3.8) is 0 Å². The van der Waals surface area contributed by atoms with Gasteiger partial charge in [0.25, 0.3) is 0 Å². The van der Waals surface area contributed by atoms with Crippen molar-refractivity contribution in [1.82, 2.24) is 0 Å². The van der Waals surface area contributed by atoms with E-state index in [0.29, 0.717) is 0 Å². The van der Waals surface area contributed by atoms with E-state index in [0.717, 1.165) is 22.6 Å². The summed E-state index contributed by atoms with van der Waals surface area (Å²) < 4.78 is 0. The Morgan fingerprint density at radius 1 is 1.00 bits per heavy atom. The molecule has 0 bridgehead atoms. The normalized spacial score (nSPS) is 38.7. The Kier molecular flexibility index (Phi) is 5.76. The summed E-state index contributed by atoms with van der Waals surface area (Å²) in [5.41, 5.74) is 4.12. The van der Waals surface area contributed by atoms with Gasteiger partial charge in [-0.05, 0) is 0 Å². The monoisotopic (exact) mass is 352 g/mol. The van der Waals surface area contributed by atoms with Crippen molar-refractivity contribution < 1.29 is 0 Å². The van der Waals surface area contributed by atoms with E-state index in [1.807, 2.05) is 10.6 Å². The van der Waals surface area contributed by atoms with Crippen molar-refractivity contribution in [2.45, 2.75) is 102 Å². The van der Waals surface area contributed by atoms with Crippen molar-refractivity contribution in [3.05, 3.63) is 22.8 Å². The maximum absolute atomic E-state index is 2.77. The van der Waals surface area contributed by atoms with Crippen LogP contribution in [0.25, 0.3) is 0 Å². The first-order valence-electron chi connectivity index (χ1n) is 10.3. The Morgan fingerprint density at radius 2 is 1.65 bits per heavy atom. The Labute approximate surface area is 146 Å². The predicted octanol–water partition coefficient (Wildman–Crippen LogP) is 7.33. The average Bonchev–Trinajstić information content (AvgIpc) is 3.25. The molecule has 0 aromatic rings. The molecule has 2 aliphatic heterocycles. The molecular formula is C21H38P2. The van der Waals surface area contributed by atoms with Crippen LogP contribution in [-0.2, 0) is 0 Å². The standard InChI is InChI=1S/C21H38P2/c1-6-17-13-14-18(7-2)22(17)20-10-9-11-21(20)23(5)16(4)12-15-19(23)8-3/h9-10,16-19,23H,6-8,11-15H2,1-5H3/t16-,17-,18-,19-/m1/s1. The molecule has 0 nitrogen and oxygen atoms in total. The molecule has 3 rings (SSSR count). The molecule has 2 heterocycles. The van der Waals surface area contributed by atoms with E-state index in [-0.39, 0.29) is 7.92 Å². The zero-order valence-electron chi connectivity index (χ0n) is 16.1. The van der Waals surface area contributed by atoms with Crippen LogP contribution in [0.4, 0.5) is 0 Å². The van der Waals surface area contributed by atoms with E-state index < -0.39 is 7.26 Å². The van der Waals surface area contributed by atoms with E-state index in [1.165, 1.54) is 51.4 Å². The molecule has 0 amide bonds. The summed E-state index contributed by atoms with van der Waals surface area (Å²) in [7, 11) is -1.14. The minimum atomic E-state index is -1.27. The summed E-state index contributed by atoms with van der Waals surface area (Å²) in [6.07, 6.45) is 16.8. The third kappa shape index (κ3) is 2.91. The van der Waals surface area contributed by atoms with Gasteiger partial charge in [-0.3, -0.25) is 0 Å². The summed E-state index contributed by atoms with van der Waals surface area (Å²) in [6.45, 7) is 12.7. The van der Waals surface area contributed by atoms with Gasteiger partial charge in [0.05, 0.1) is 0 Å². The second-order valence-electron chi connectivity index (χ2n) is 8.45. The van der Waals surface area contributed by atoms with Crippen LogP contribution in [-0.4, -0.2) is 29.3 Å². The van der Waals surface area contributed by atoms with Gasteiger partial charge in [-0.25, -0.2) is 0 Å². The molecule has 0 aromatic heterocycles. The molecule has 0 radical (unpaired) electrons. The summed E-state index contributed by atoms with van der Waals surface area (Å²) in [5, 5.41) is 3.96. The van der Waals surface area contributed by atoms with Gasteiger partial charge in [-0.15, -0.1) is 0 Å². The third-order valence-corrected chi connectivity index (χ3v) is 18.2. The molecule has 3 aliphatic rings. The zero-order valence-corrected chi connectivity index (χ0v) is 18.0. The second kappa shape index (κ2) is 7.30. The second-order valence-corrected chi connectivity index (χ2v) is 16.2. The van der Waals surface area contributed by atoms with E-state index >= 15 is 0 Å². The quantitative estimate of drug-likeness (QED) is 0.454. The Balaban J connectivity index is 2.01. The molecule has 2 heteroatoms. The molecule has 2 saturated heterocycles. The van der Waals surface area contributed by atoms with E-state index in [1.54, 1.807) is 0 Å². The van der Waals surface area contributed by atoms with Crippen LogP contribution in [0.15, 0.2) is 22.8 Å². The van der Waals surface area contributed by atoms with Gasteiger partial charge in [0.2, 0.25) is 0 Å². The van der Waals surface area contributed by atoms with Crippen LogP contribution in [0.1, 0.15) is 79.1 Å². The number of rotatable bonds is 5. The van der Waals surface area contributed by atoms with Gasteiger partial charge >= 0.3 is 146 Å². The molecular weight excluding hydrogens is 314 g/mol. The van der Waals surface area contributed by atoms with Gasteiger partial charge in [-0.1, -0.05) is 0 Å². The fraction of sp³-hybridized carbons (Fsp3) is 0.810. The summed E-state index contributed by atoms with van der Waals surface area (Å²) >= 11 is 0. The SMILES string of the molecule is CC[C@@H]1CC[C@@H](CC)P1C1=C([PH]2(C)[C@H](CC)CC[C@H]2C)CC=C1. The summed E-state index contributed by atoms with van der Waals surface area (Å²) in [4.78, 5) is 0. The Bertz CT molecular complexity index is 480. The number of allylic oxidation sites excluding steroid dienone is 4. The molecule has 0 N–H and O–H groups in total. The van der Waals surface area contributed by atoms with Crippen LogP contribution < -0.4 is 0 Å². The first kappa shape index (κ1) is 18.1. The Hall–Kier alpha value is 0.340. The van der Waals surface area contributed by atoms with Crippen molar-refractivity contribution >= 4 is 15.2 Å². The third-order valence-electron chi connectivity index (χ3n) is 7.71. The molecule has 23 heavy (non-hydrogen) atoms. The molecule has 132 valence electrons. The van der Waals surface area contributed by atoms with Crippen LogP contribution in [0, 0.1) is 0 Å². The van der Waals surface area contributed by atoms with Crippen molar-refractivity contribution in [3.8, 4) is 0 Å². The van der Waals surface area contributed by atoms with Crippen molar-refractivity contribution in [2.24, 2.45) is 0 Å². The van der Waals surface area contributed by atoms with Gasteiger partial charge in [-0.2, -0.15) is 0 Å². The number of hydrogen-bond acceptors (Lipinski definition) is 0. The molecule has 0 aromatic carbocycles. The van der Waals surface area contributed by atoms with Gasteiger partial charge in [0.15, 0.2) is 0 Å².